The monoisotopic (exact) mass is 181 g/mol. The van der Waals surface area contributed by atoms with Crippen molar-refractivity contribution in [1.29, 1.82) is 0 Å². The van der Waals surface area contributed by atoms with E-state index >= 15 is 0 Å². The van der Waals surface area contributed by atoms with Crippen molar-refractivity contribution in [2.75, 3.05) is 7.11 Å². The topological polar surface area (TPSA) is 55.5 Å². The molecule has 13 heavy (non-hydrogen) atoms. The number of rotatable bonds is 1. The molecule has 0 aromatic carbocycles. The van der Waals surface area contributed by atoms with Crippen LogP contribution in [0.5, 0.6) is 0 Å². The van der Waals surface area contributed by atoms with Gasteiger partial charge in [-0.15, -0.1) is 0 Å². The van der Waals surface area contributed by atoms with Crippen molar-refractivity contribution in [3.05, 3.63) is 23.8 Å². The Morgan fingerprint density at radius 1 is 1.69 bits per heavy atom. The molecule has 0 saturated heterocycles. The number of hydrogen-bond donors (Lipinski definition) is 2. The van der Waals surface area contributed by atoms with Crippen LogP contribution in [0.4, 0.5) is 0 Å². The average Bonchev–Trinajstić information content (AvgIpc) is 2.48. The van der Waals surface area contributed by atoms with E-state index in [0.717, 1.165) is 12.8 Å². The molecule has 0 amide bonds. The zero-order chi connectivity index (χ0) is 9.47. The Hall–Kier alpha value is -0.640. The molecule has 0 spiro atoms. The lowest BCUT2D eigenvalue weighted by Gasteiger charge is -2.32. The van der Waals surface area contributed by atoms with Crippen molar-refractivity contribution in [3.8, 4) is 0 Å². The van der Waals surface area contributed by atoms with E-state index in [1.54, 1.807) is 6.08 Å². The first-order chi connectivity index (χ1) is 6.15. The number of hydrogen-bond acceptors (Lipinski definition) is 3. The Labute approximate surface area is 77.9 Å². The van der Waals surface area contributed by atoms with Crippen LogP contribution in [0.2, 0.25) is 0 Å². The molecule has 2 rings (SSSR count). The number of nitrogens with two attached hydrogens (primary N) is 1. The van der Waals surface area contributed by atoms with Gasteiger partial charge in [-0.25, -0.2) is 0 Å². The van der Waals surface area contributed by atoms with Gasteiger partial charge in [0.05, 0.1) is 0 Å². The normalized spacial score (nSPS) is 43.2. The minimum absolute atomic E-state index is 0.0532. The van der Waals surface area contributed by atoms with Gasteiger partial charge in [-0.05, 0) is 18.9 Å². The second-order valence-electron chi connectivity index (χ2n) is 3.81. The smallest absolute Gasteiger partial charge is 0.191 e. The van der Waals surface area contributed by atoms with E-state index in [1.165, 1.54) is 12.7 Å². The summed E-state index contributed by atoms with van der Waals surface area (Å²) in [5, 5.41) is 10.1. The molecule has 3 N–H and O–H groups in total. The fraction of sp³-hybridized carbons (Fsp3) is 0.600. The first-order valence-electron chi connectivity index (χ1n) is 4.57. The van der Waals surface area contributed by atoms with E-state index < -0.39 is 5.79 Å². The molecule has 0 radical (unpaired) electrons. The molecule has 3 unspecified atom stereocenters. The summed E-state index contributed by atoms with van der Waals surface area (Å²) in [7, 11) is 1.52. The first kappa shape index (κ1) is 8.94. The van der Waals surface area contributed by atoms with Gasteiger partial charge in [0.1, 0.15) is 0 Å². The molecule has 2 aliphatic rings. The van der Waals surface area contributed by atoms with Gasteiger partial charge in [-0.1, -0.05) is 17.7 Å². The van der Waals surface area contributed by atoms with E-state index in [-0.39, 0.29) is 12.0 Å². The molecule has 0 aliphatic heterocycles. The number of aliphatic hydroxyl groups is 1. The largest absolute Gasteiger partial charge is 0.362 e. The highest BCUT2D eigenvalue weighted by Crippen LogP contribution is 2.41. The standard InChI is InChI=1S/C10H15NO2/c1-13-10(12)4-2-3-7-5-8(11)6-9(7)10/h2-4,8-9,12H,5-6,11H2,1H3. The maximum absolute atomic E-state index is 10.1. The molecule has 1 fully saturated rings. The quantitative estimate of drug-likeness (QED) is 0.581. The van der Waals surface area contributed by atoms with Crippen molar-refractivity contribution in [1.82, 2.24) is 0 Å². The van der Waals surface area contributed by atoms with Crippen LogP contribution in [-0.4, -0.2) is 24.0 Å². The van der Waals surface area contributed by atoms with Crippen LogP contribution in [0.3, 0.4) is 0 Å². The second-order valence-corrected chi connectivity index (χ2v) is 3.81. The maximum atomic E-state index is 10.1. The van der Waals surface area contributed by atoms with Crippen molar-refractivity contribution in [2.45, 2.75) is 24.7 Å². The molecule has 0 heterocycles. The predicted molar refractivity (Wildman–Crippen MR) is 49.9 cm³/mol. The number of methoxy groups -OCH3 is 1. The lowest BCUT2D eigenvalue weighted by molar-refractivity contribution is -0.174. The summed E-state index contributed by atoms with van der Waals surface area (Å²) in [6, 6.07) is 0.165. The Kier molecular flexibility index (Phi) is 2.02. The molecule has 0 bridgehead atoms. The molecule has 72 valence electrons. The zero-order valence-electron chi connectivity index (χ0n) is 7.73. The van der Waals surface area contributed by atoms with Crippen LogP contribution < -0.4 is 5.73 Å². The van der Waals surface area contributed by atoms with Gasteiger partial charge >= 0.3 is 0 Å². The Morgan fingerprint density at radius 2 is 2.46 bits per heavy atom. The van der Waals surface area contributed by atoms with Crippen LogP contribution >= 0.6 is 0 Å². The molecule has 3 heteroatoms. The minimum atomic E-state index is -1.13. The Morgan fingerprint density at radius 3 is 3.15 bits per heavy atom. The summed E-state index contributed by atoms with van der Waals surface area (Å²) in [4.78, 5) is 0. The summed E-state index contributed by atoms with van der Waals surface area (Å²) in [6.45, 7) is 0. The van der Waals surface area contributed by atoms with Crippen molar-refractivity contribution in [2.24, 2.45) is 11.7 Å². The van der Waals surface area contributed by atoms with Crippen molar-refractivity contribution < 1.29 is 9.84 Å². The van der Waals surface area contributed by atoms with Gasteiger partial charge in [-0.2, -0.15) is 0 Å². The molecule has 3 nitrogen and oxygen atoms in total. The fourth-order valence-electron chi connectivity index (χ4n) is 2.24. The van der Waals surface area contributed by atoms with Crippen LogP contribution in [0.25, 0.3) is 0 Å². The summed E-state index contributed by atoms with van der Waals surface area (Å²) < 4.78 is 5.11. The third-order valence-corrected chi connectivity index (χ3v) is 2.96. The maximum Gasteiger partial charge on any atom is 0.191 e. The molecule has 1 saturated carbocycles. The van der Waals surface area contributed by atoms with Gasteiger partial charge in [0.2, 0.25) is 0 Å². The molecule has 0 aromatic heterocycles. The highest BCUT2D eigenvalue weighted by molar-refractivity contribution is 5.30. The second kappa shape index (κ2) is 2.94. The zero-order valence-corrected chi connectivity index (χ0v) is 7.73. The fourth-order valence-corrected chi connectivity index (χ4v) is 2.24. The molecular weight excluding hydrogens is 166 g/mol. The third kappa shape index (κ3) is 1.33. The van der Waals surface area contributed by atoms with Gasteiger partial charge in [0.15, 0.2) is 5.79 Å². The number of fused-ring (bicyclic) bond motifs is 1. The number of ether oxygens (including phenoxy) is 1. The van der Waals surface area contributed by atoms with Crippen molar-refractivity contribution >= 4 is 0 Å². The SMILES string of the molecule is COC1(O)C=CC=C2CC(N)CC21. The summed E-state index contributed by atoms with van der Waals surface area (Å²) in [6.07, 6.45) is 7.25. The van der Waals surface area contributed by atoms with Crippen LogP contribution in [0.15, 0.2) is 23.8 Å². The third-order valence-electron chi connectivity index (χ3n) is 2.96. The van der Waals surface area contributed by atoms with Crippen LogP contribution in [0.1, 0.15) is 12.8 Å². The predicted octanol–water partition coefficient (Wildman–Crippen LogP) is 0.555. The number of allylic oxidation sites excluding steroid dienone is 2. The molecule has 0 aromatic rings. The molecular formula is C10H15NO2. The van der Waals surface area contributed by atoms with Crippen LogP contribution in [0, 0.1) is 5.92 Å². The Balaban J connectivity index is 2.28. The van der Waals surface area contributed by atoms with E-state index in [1.807, 2.05) is 12.2 Å². The highest BCUT2D eigenvalue weighted by Gasteiger charge is 2.43. The van der Waals surface area contributed by atoms with Gasteiger partial charge < -0.3 is 15.6 Å². The van der Waals surface area contributed by atoms with E-state index in [0.29, 0.717) is 0 Å². The Bertz CT molecular complexity index is 272. The van der Waals surface area contributed by atoms with Gasteiger partial charge in [-0.3, -0.25) is 0 Å². The molecule has 3 atom stereocenters. The van der Waals surface area contributed by atoms with Crippen LogP contribution in [-0.2, 0) is 4.74 Å². The van der Waals surface area contributed by atoms with E-state index in [2.05, 4.69) is 0 Å². The average molecular weight is 181 g/mol. The summed E-state index contributed by atoms with van der Waals surface area (Å²) in [5.74, 6) is -1.07. The van der Waals surface area contributed by atoms with E-state index in [4.69, 9.17) is 10.5 Å². The lowest BCUT2D eigenvalue weighted by atomic mass is 9.88. The summed E-state index contributed by atoms with van der Waals surface area (Å²) >= 11 is 0. The molecule has 2 aliphatic carbocycles. The minimum Gasteiger partial charge on any atom is -0.362 e. The highest BCUT2D eigenvalue weighted by atomic mass is 16.6. The van der Waals surface area contributed by atoms with E-state index in [9.17, 15) is 5.11 Å². The first-order valence-corrected chi connectivity index (χ1v) is 4.57. The summed E-state index contributed by atoms with van der Waals surface area (Å²) in [5.41, 5.74) is 7.04. The van der Waals surface area contributed by atoms with Gasteiger partial charge in [0.25, 0.3) is 0 Å². The van der Waals surface area contributed by atoms with Crippen molar-refractivity contribution in [3.63, 3.8) is 0 Å². The van der Waals surface area contributed by atoms with Gasteiger partial charge in [0, 0.05) is 19.1 Å². The lowest BCUT2D eigenvalue weighted by Crippen LogP contribution is -2.39.